The number of amides is 2. The van der Waals surface area contributed by atoms with Crippen LogP contribution in [-0.4, -0.2) is 69.4 Å². The SMILES string of the molecule is CCSC1CCN(C(=O)C2CCN(C(C)=O)CC2)C1C(=O)O. The molecule has 22 heavy (non-hydrogen) atoms. The number of hydrogen-bond acceptors (Lipinski definition) is 4. The van der Waals surface area contributed by atoms with Crippen LogP contribution in [0.15, 0.2) is 0 Å². The van der Waals surface area contributed by atoms with Crippen molar-refractivity contribution in [1.82, 2.24) is 9.80 Å². The maximum Gasteiger partial charge on any atom is 0.327 e. The second-order valence-electron chi connectivity index (χ2n) is 5.88. The summed E-state index contributed by atoms with van der Waals surface area (Å²) in [6.07, 6.45) is 2.01. The molecule has 2 unspecified atom stereocenters. The van der Waals surface area contributed by atoms with Crippen LogP contribution in [0.4, 0.5) is 0 Å². The van der Waals surface area contributed by atoms with Crippen LogP contribution >= 0.6 is 11.8 Å². The van der Waals surface area contributed by atoms with Crippen molar-refractivity contribution in [3.8, 4) is 0 Å². The Kier molecular flexibility index (Phi) is 5.72. The lowest BCUT2D eigenvalue weighted by atomic mass is 9.95. The summed E-state index contributed by atoms with van der Waals surface area (Å²) in [6, 6.07) is -0.705. The maximum absolute atomic E-state index is 12.7. The van der Waals surface area contributed by atoms with Crippen molar-refractivity contribution in [2.45, 2.75) is 44.4 Å². The Bertz CT molecular complexity index is 449. The van der Waals surface area contributed by atoms with E-state index in [9.17, 15) is 19.5 Å². The number of rotatable bonds is 4. The van der Waals surface area contributed by atoms with Gasteiger partial charge in [-0.15, -0.1) is 0 Å². The lowest BCUT2D eigenvalue weighted by Crippen LogP contribution is -2.49. The minimum atomic E-state index is -0.905. The molecule has 7 heteroatoms. The lowest BCUT2D eigenvalue weighted by molar-refractivity contribution is -0.150. The molecule has 6 nitrogen and oxygen atoms in total. The van der Waals surface area contributed by atoms with Crippen molar-refractivity contribution >= 4 is 29.5 Å². The molecule has 2 fully saturated rings. The molecular formula is C15H24N2O4S. The smallest absolute Gasteiger partial charge is 0.327 e. The summed E-state index contributed by atoms with van der Waals surface area (Å²) in [5.74, 6) is -0.210. The van der Waals surface area contributed by atoms with Crippen LogP contribution in [0, 0.1) is 5.92 Å². The monoisotopic (exact) mass is 328 g/mol. The minimum Gasteiger partial charge on any atom is -0.480 e. The summed E-state index contributed by atoms with van der Waals surface area (Å²) in [7, 11) is 0. The van der Waals surface area contributed by atoms with Crippen molar-refractivity contribution in [1.29, 1.82) is 0 Å². The van der Waals surface area contributed by atoms with Crippen molar-refractivity contribution < 1.29 is 19.5 Å². The molecule has 2 aliphatic rings. The van der Waals surface area contributed by atoms with Gasteiger partial charge in [-0.2, -0.15) is 11.8 Å². The lowest BCUT2D eigenvalue weighted by Gasteiger charge is -2.34. The Morgan fingerprint density at radius 3 is 2.27 bits per heavy atom. The number of thioether (sulfide) groups is 1. The van der Waals surface area contributed by atoms with Gasteiger partial charge in [0.25, 0.3) is 0 Å². The summed E-state index contributed by atoms with van der Waals surface area (Å²) in [5.41, 5.74) is 0. The summed E-state index contributed by atoms with van der Waals surface area (Å²) in [4.78, 5) is 38.9. The third-order valence-corrected chi connectivity index (χ3v) is 5.80. The van der Waals surface area contributed by atoms with Gasteiger partial charge >= 0.3 is 5.97 Å². The molecule has 124 valence electrons. The number of hydrogen-bond donors (Lipinski definition) is 1. The van der Waals surface area contributed by atoms with Gasteiger partial charge < -0.3 is 14.9 Å². The van der Waals surface area contributed by atoms with Gasteiger partial charge in [0.05, 0.1) is 0 Å². The first-order valence-corrected chi connectivity index (χ1v) is 8.91. The number of carboxylic acid groups (broad SMARTS) is 1. The number of nitrogens with zero attached hydrogens (tertiary/aromatic N) is 2. The molecule has 2 atom stereocenters. The Balaban J connectivity index is 2.00. The van der Waals surface area contributed by atoms with E-state index < -0.39 is 12.0 Å². The van der Waals surface area contributed by atoms with Crippen molar-refractivity contribution in [2.75, 3.05) is 25.4 Å². The largest absolute Gasteiger partial charge is 0.480 e. The molecule has 0 radical (unpaired) electrons. The maximum atomic E-state index is 12.7. The summed E-state index contributed by atoms with van der Waals surface area (Å²) >= 11 is 1.62. The van der Waals surface area contributed by atoms with Crippen LogP contribution in [0.1, 0.15) is 33.1 Å². The van der Waals surface area contributed by atoms with Crippen LogP contribution in [0.5, 0.6) is 0 Å². The Morgan fingerprint density at radius 1 is 1.14 bits per heavy atom. The molecule has 0 aromatic carbocycles. The van der Waals surface area contributed by atoms with Crippen molar-refractivity contribution in [2.24, 2.45) is 5.92 Å². The molecule has 0 aromatic rings. The van der Waals surface area contributed by atoms with Gasteiger partial charge in [-0.1, -0.05) is 6.92 Å². The van der Waals surface area contributed by atoms with Crippen molar-refractivity contribution in [3.05, 3.63) is 0 Å². The normalized spacial score (nSPS) is 26.3. The van der Waals surface area contributed by atoms with Gasteiger partial charge in [-0.25, -0.2) is 4.79 Å². The number of carbonyl (C=O) groups is 3. The minimum absolute atomic E-state index is 0.0104. The zero-order valence-electron chi connectivity index (χ0n) is 13.2. The highest BCUT2D eigenvalue weighted by Gasteiger charge is 2.44. The van der Waals surface area contributed by atoms with Crippen LogP contribution < -0.4 is 0 Å². The quantitative estimate of drug-likeness (QED) is 0.835. The summed E-state index contributed by atoms with van der Waals surface area (Å²) < 4.78 is 0. The van der Waals surface area contributed by atoms with E-state index in [0.717, 1.165) is 12.2 Å². The molecule has 2 aliphatic heterocycles. The predicted octanol–water partition coefficient (Wildman–Crippen LogP) is 1.05. The first-order chi connectivity index (χ1) is 10.5. The van der Waals surface area contributed by atoms with E-state index in [-0.39, 0.29) is 23.0 Å². The number of likely N-dealkylation sites (tertiary alicyclic amines) is 2. The van der Waals surface area contributed by atoms with Gasteiger partial charge in [0, 0.05) is 37.7 Å². The molecule has 2 saturated heterocycles. The molecule has 2 amide bonds. The Hall–Kier alpha value is -1.24. The molecule has 2 rings (SSSR count). The zero-order chi connectivity index (χ0) is 16.3. The number of carboxylic acids is 1. The highest BCUT2D eigenvalue weighted by Crippen LogP contribution is 2.32. The van der Waals surface area contributed by atoms with E-state index in [4.69, 9.17) is 0 Å². The topological polar surface area (TPSA) is 77.9 Å². The van der Waals surface area contributed by atoms with E-state index >= 15 is 0 Å². The molecule has 0 spiro atoms. The first kappa shape index (κ1) is 17.1. The Labute approximate surface area is 135 Å². The standard InChI is InChI=1S/C15H24N2O4S/c1-3-22-12-6-9-17(13(12)15(20)21)14(19)11-4-7-16(8-5-11)10(2)18/h11-13H,3-9H2,1-2H3,(H,20,21). The van der Waals surface area contributed by atoms with Gasteiger partial charge in [0.2, 0.25) is 11.8 Å². The Morgan fingerprint density at radius 2 is 1.77 bits per heavy atom. The summed E-state index contributed by atoms with van der Waals surface area (Å²) in [6.45, 7) is 5.25. The van der Waals surface area contributed by atoms with Gasteiger partial charge in [0.15, 0.2) is 0 Å². The van der Waals surface area contributed by atoms with Gasteiger partial charge in [-0.05, 0) is 25.0 Å². The molecule has 0 aliphatic carbocycles. The highest BCUT2D eigenvalue weighted by molar-refractivity contribution is 7.99. The second kappa shape index (κ2) is 7.35. The van der Waals surface area contributed by atoms with Gasteiger partial charge in [0.1, 0.15) is 6.04 Å². The molecular weight excluding hydrogens is 304 g/mol. The highest BCUT2D eigenvalue weighted by atomic mass is 32.2. The van der Waals surface area contributed by atoms with E-state index in [2.05, 4.69) is 0 Å². The van der Waals surface area contributed by atoms with Crippen LogP contribution in [0.3, 0.4) is 0 Å². The van der Waals surface area contributed by atoms with E-state index in [0.29, 0.717) is 32.5 Å². The molecule has 0 bridgehead atoms. The molecule has 0 aromatic heterocycles. The van der Waals surface area contributed by atoms with Crippen LogP contribution in [-0.2, 0) is 14.4 Å². The van der Waals surface area contributed by atoms with Crippen molar-refractivity contribution in [3.63, 3.8) is 0 Å². The zero-order valence-corrected chi connectivity index (χ0v) is 14.0. The number of piperidine rings is 1. The van der Waals surface area contributed by atoms with Gasteiger partial charge in [-0.3, -0.25) is 9.59 Å². The first-order valence-electron chi connectivity index (χ1n) is 7.86. The fraction of sp³-hybridized carbons (Fsp3) is 0.800. The molecule has 1 N–H and O–H groups in total. The fourth-order valence-electron chi connectivity index (χ4n) is 3.37. The number of aliphatic carboxylic acids is 1. The van der Waals surface area contributed by atoms with E-state index in [1.165, 1.54) is 6.92 Å². The third kappa shape index (κ3) is 3.56. The average molecular weight is 328 g/mol. The molecule has 2 heterocycles. The number of carbonyl (C=O) groups excluding carboxylic acids is 2. The fourth-order valence-corrected chi connectivity index (χ4v) is 4.51. The second-order valence-corrected chi connectivity index (χ2v) is 7.39. The average Bonchev–Trinajstić information content (AvgIpc) is 2.91. The van der Waals surface area contributed by atoms with E-state index in [1.54, 1.807) is 21.6 Å². The molecule has 0 saturated carbocycles. The van der Waals surface area contributed by atoms with Crippen LogP contribution in [0.25, 0.3) is 0 Å². The van der Waals surface area contributed by atoms with Crippen LogP contribution in [0.2, 0.25) is 0 Å². The van der Waals surface area contributed by atoms with E-state index in [1.807, 2.05) is 6.92 Å². The summed E-state index contributed by atoms with van der Waals surface area (Å²) in [5, 5.41) is 9.47. The third-order valence-electron chi connectivity index (χ3n) is 4.55. The predicted molar refractivity (Wildman–Crippen MR) is 84.7 cm³/mol.